The Kier molecular flexibility index (Phi) is 7.97. The zero-order chi connectivity index (χ0) is 34.1. The SMILES string of the molecule is CN(C)c1cc(CCc2nc(-c3ccc(F)cc3)cs2)c(O)c2c1C[C@H]1C[C@H]3[C@H](N(C)C)C(=O)C(C(N)=O)=C(O)[C@@]3(O)C(=O)C1=C2O. The first-order valence-electron chi connectivity index (χ1n) is 15.1. The van der Waals surface area contributed by atoms with Gasteiger partial charge in [-0.3, -0.25) is 19.3 Å². The van der Waals surface area contributed by atoms with Gasteiger partial charge in [0.1, 0.15) is 28.7 Å². The van der Waals surface area contributed by atoms with Crippen molar-refractivity contribution in [3.63, 3.8) is 0 Å². The molecule has 0 saturated heterocycles. The lowest BCUT2D eigenvalue weighted by atomic mass is 9.57. The molecule has 6 N–H and O–H groups in total. The third-order valence-corrected chi connectivity index (χ3v) is 10.5. The van der Waals surface area contributed by atoms with E-state index in [-0.39, 0.29) is 35.5 Å². The van der Waals surface area contributed by atoms with Gasteiger partial charge in [0, 0.05) is 48.6 Å². The van der Waals surface area contributed by atoms with Gasteiger partial charge in [-0.2, -0.15) is 0 Å². The summed E-state index contributed by atoms with van der Waals surface area (Å²) in [7, 11) is 6.77. The molecule has 1 aromatic heterocycles. The summed E-state index contributed by atoms with van der Waals surface area (Å²) in [5.74, 6) is -7.16. The van der Waals surface area contributed by atoms with Crippen molar-refractivity contribution in [3.05, 3.63) is 80.1 Å². The number of carbonyl (C=O) groups excluding carboxylic acids is 3. The van der Waals surface area contributed by atoms with E-state index in [9.17, 15) is 39.2 Å². The van der Waals surface area contributed by atoms with E-state index in [0.717, 1.165) is 10.6 Å². The van der Waals surface area contributed by atoms with Crippen LogP contribution in [0.1, 0.15) is 28.1 Å². The van der Waals surface area contributed by atoms with Crippen LogP contribution in [0.25, 0.3) is 17.0 Å². The molecule has 0 unspecified atom stereocenters. The second-order valence-electron chi connectivity index (χ2n) is 12.7. The van der Waals surface area contributed by atoms with Crippen molar-refractivity contribution >= 4 is 40.3 Å². The first-order chi connectivity index (χ1) is 22.2. The van der Waals surface area contributed by atoms with Gasteiger partial charge in [-0.25, -0.2) is 9.37 Å². The minimum absolute atomic E-state index is 0.0155. The summed E-state index contributed by atoms with van der Waals surface area (Å²) < 4.78 is 13.4. The van der Waals surface area contributed by atoms with E-state index in [0.29, 0.717) is 35.3 Å². The molecule has 13 heteroatoms. The monoisotopic (exact) mass is 662 g/mol. The highest BCUT2D eigenvalue weighted by Crippen LogP contribution is 2.54. The molecule has 3 aliphatic rings. The number of aromatic nitrogens is 1. The molecule has 1 saturated carbocycles. The third-order valence-electron chi connectivity index (χ3n) is 9.56. The van der Waals surface area contributed by atoms with E-state index < -0.39 is 58.0 Å². The Morgan fingerprint density at radius 1 is 1.11 bits per heavy atom. The fourth-order valence-corrected chi connectivity index (χ4v) is 8.16. The predicted molar refractivity (Wildman–Crippen MR) is 173 cm³/mol. The van der Waals surface area contributed by atoms with Crippen LogP contribution in [0.4, 0.5) is 10.1 Å². The van der Waals surface area contributed by atoms with Gasteiger partial charge in [0.05, 0.1) is 22.3 Å². The number of rotatable bonds is 7. The highest BCUT2D eigenvalue weighted by atomic mass is 32.1. The van der Waals surface area contributed by atoms with Crippen LogP contribution in [0.15, 0.2) is 52.6 Å². The third kappa shape index (κ3) is 5.00. The number of nitrogens with two attached hydrogens (primary N) is 1. The molecular weight excluding hydrogens is 627 g/mol. The maximum absolute atomic E-state index is 14.2. The molecule has 246 valence electrons. The number of aliphatic hydroxyl groups is 3. The van der Waals surface area contributed by atoms with Crippen LogP contribution in [0, 0.1) is 17.7 Å². The first kappa shape index (κ1) is 32.4. The molecule has 2 aromatic carbocycles. The number of fused-ring (bicyclic) bond motifs is 3. The molecular formula is C34H35FN4O7S. The van der Waals surface area contributed by atoms with Gasteiger partial charge in [-0.1, -0.05) is 0 Å². The quantitative estimate of drug-likeness (QED) is 0.236. The number of hydrogen-bond acceptors (Lipinski definition) is 11. The number of likely N-dealkylation sites (N-methyl/N-ethyl adjacent to an activating group) is 1. The number of thiazole rings is 1. The van der Waals surface area contributed by atoms with Crippen molar-refractivity contribution in [1.82, 2.24) is 9.88 Å². The Balaban J connectivity index is 1.41. The lowest BCUT2D eigenvalue weighted by Gasteiger charge is -2.50. The van der Waals surface area contributed by atoms with Crippen LogP contribution < -0.4 is 10.6 Å². The van der Waals surface area contributed by atoms with Gasteiger partial charge in [-0.15, -0.1) is 11.3 Å². The fourth-order valence-electron chi connectivity index (χ4n) is 7.36. The minimum Gasteiger partial charge on any atom is -0.508 e. The number of hydrogen-bond donors (Lipinski definition) is 5. The lowest BCUT2D eigenvalue weighted by molar-refractivity contribution is -0.153. The molecule has 0 bridgehead atoms. The Hall–Kier alpha value is -4.59. The Bertz CT molecular complexity index is 1900. The molecule has 1 amide bonds. The summed E-state index contributed by atoms with van der Waals surface area (Å²) >= 11 is 1.43. The number of aliphatic hydroxyl groups excluding tert-OH is 2. The van der Waals surface area contributed by atoms with Crippen LogP contribution in [0.3, 0.4) is 0 Å². The van der Waals surface area contributed by atoms with E-state index in [2.05, 4.69) is 4.98 Å². The average molecular weight is 663 g/mol. The van der Waals surface area contributed by atoms with Crippen molar-refractivity contribution < 1.29 is 39.2 Å². The molecule has 0 radical (unpaired) electrons. The number of aromatic hydroxyl groups is 1. The minimum atomic E-state index is -2.70. The first-order valence-corrected chi connectivity index (χ1v) is 15.9. The number of primary amides is 1. The topological polar surface area (TPSA) is 178 Å². The normalized spacial score (nSPS) is 23.9. The predicted octanol–water partition coefficient (Wildman–Crippen LogP) is 3.08. The van der Waals surface area contributed by atoms with Crippen molar-refractivity contribution in [1.29, 1.82) is 0 Å². The van der Waals surface area contributed by atoms with Crippen molar-refractivity contribution in [3.8, 4) is 17.0 Å². The van der Waals surface area contributed by atoms with Gasteiger partial charge in [0.15, 0.2) is 11.4 Å². The maximum atomic E-state index is 14.2. The molecule has 0 spiro atoms. The summed E-state index contributed by atoms with van der Waals surface area (Å²) in [5.41, 5.74) is 4.98. The molecule has 3 aliphatic carbocycles. The second kappa shape index (κ2) is 11.6. The number of ketones is 2. The standard InChI is InChI=1S/C34H35FN4O7S/c1-38(2)22-13-16(7-10-23-37-21(14-47-23)15-5-8-18(35)9-6-15)28(40)25-19(22)11-17-12-20-27(39(3)4)30(42)26(33(36)45)32(44)34(20,46)31(43)24(17)29(25)41/h5-6,8-9,13-14,17,20,27,40-41,44,46H,7,10-12H2,1-4H3,(H2,36,45)/t17-,20-,27-,34-/m0/s1. The van der Waals surface area contributed by atoms with Gasteiger partial charge in [-0.05, 0) is 80.7 Å². The summed E-state index contributed by atoms with van der Waals surface area (Å²) in [4.78, 5) is 47.7. The molecule has 0 aliphatic heterocycles. The molecule has 1 heterocycles. The molecule has 11 nitrogen and oxygen atoms in total. The summed E-state index contributed by atoms with van der Waals surface area (Å²) in [5, 5.41) is 48.9. The van der Waals surface area contributed by atoms with Crippen molar-refractivity contribution in [2.45, 2.75) is 37.3 Å². The number of Topliss-reactive ketones (excluding diaryl/α,β-unsaturated/α-hetero) is 2. The van der Waals surface area contributed by atoms with E-state index in [4.69, 9.17) is 5.73 Å². The number of halogens is 1. The Morgan fingerprint density at radius 2 is 1.79 bits per heavy atom. The van der Waals surface area contributed by atoms with E-state index in [1.807, 2.05) is 30.4 Å². The van der Waals surface area contributed by atoms with E-state index >= 15 is 0 Å². The Labute approximate surface area is 274 Å². The Morgan fingerprint density at radius 3 is 2.40 bits per heavy atom. The van der Waals surface area contributed by atoms with Crippen LogP contribution in [-0.4, -0.2) is 87.6 Å². The van der Waals surface area contributed by atoms with Crippen LogP contribution in [0.5, 0.6) is 5.75 Å². The molecule has 47 heavy (non-hydrogen) atoms. The zero-order valence-corrected chi connectivity index (χ0v) is 27.1. The second-order valence-corrected chi connectivity index (χ2v) is 13.7. The number of nitrogens with zero attached hydrogens (tertiary/aromatic N) is 3. The van der Waals surface area contributed by atoms with Gasteiger partial charge in [0.2, 0.25) is 5.78 Å². The van der Waals surface area contributed by atoms with Crippen molar-refractivity contribution in [2.75, 3.05) is 33.1 Å². The average Bonchev–Trinajstić information content (AvgIpc) is 3.47. The maximum Gasteiger partial charge on any atom is 0.255 e. The van der Waals surface area contributed by atoms with E-state index in [1.54, 1.807) is 26.2 Å². The number of carbonyl (C=O) groups is 3. The highest BCUT2D eigenvalue weighted by Gasteiger charge is 2.64. The summed E-state index contributed by atoms with van der Waals surface area (Å²) in [6.07, 6.45) is 0.991. The highest BCUT2D eigenvalue weighted by molar-refractivity contribution is 7.09. The number of benzene rings is 2. The summed E-state index contributed by atoms with van der Waals surface area (Å²) in [6, 6.07) is 6.72. The smallest absolute Gasteiger partial charge is 0.255 e. The number of amides is 1. The number of phenolic OH excluding ortho intramolecular Hbond substituents is 1. The fraction of sp³-hybridized carbons (Fsp3) is 0.353. The van der Waals surface area contributed by atoms with E-state index in [1.165, 1.54) is 28.4 Å². The van der Waals surface area contributed by atoms with Gasteiger partial charge >= 0.3 is 0 Å². The van der Waals surface area contributed by atoms with Crippen LogP contribution in [-0.2, 0) is 33.6 Å². The van der Waals surface area contributed by atoms with Crippen molar-refractivity contribution in [2.24, 2.45) is 17.6 Å². The number of phenols is 1. The van der Waals surface area contributed by atoms with Gasteiger partial charge < -0.3 is 31.1 Å². The molecule has 1 fully saturated rings. The zero-order valence-electron chi connectivity index (χ0n) is 26.2. The number of anilines is 1. The van der Waals surface area contributed by atoms with Crippen LogP contribution >= 0.6 is 11.3 Å². The largest absolute Gasteiger partial charge is 0.508 e. The molecule has 6 rings (SSSR count). The molecule has 3 aromatic rings. The molecule has 4 atom stereocenters. The lowest BCUT2D eigenvalue weighted by Crippen LogP contribution is -2.65. The van der Waals surface area contributed by atoms with Gasteiger partial charge in [0.25, 0.3) is 5.91 Å². The number of aryl methyl sites for hydroxylation is 2. The van der Waals surface area contributed by atoms with Crippen LogP contribution in [0.2, 0.25) is 0 Å². The summed E-state index contributed by atoms with van der Waals surface area (Å²) in [6.45, 7) is 0.